The van der Waals surface area contributed by atoms with Gasteiger partial charge in [-0.15, -0.1) is 0 Å². The number of anilines is 1. The van der Waals surface area contributed by atoms with E-state index in [0.717, 1.165) is 91.9 Å². The highest BCUT2D eigenvalue weighted by Gasteiger charge is 2.51. The van der Waals surface area contributed by atoms with E-state index in [-0.39, 0.29) is 30.4 Å². The molecule has 2 aromatic rings. The zero-order valence-electron chi connectivity index (χ0n) is 25.4. The van der Waals surface area contributed by atoms with Crippen molar-refractivity contribution in [2.24, 2.45) is 17.8 Å². The van der Waals surface area contributed by atoms with E-state index in [2.05, 4.69) is 15.5 Å². The van der Waals surface area contributed by atoms with Gasteiger partial charge in [-0.05, 0) is 98.9 Å². The Kier molecular flexibility index (Phi) is 8.49. The lowest BCUT2D eigenvalue weighted by Gasteiger charge is -2.56. The minimum absolute atomic E-state index is 0.0188. The summed E-state index contributed by atoms with van der Waals surface area (Å²) in [6, 6.07) is 16.2. The molecule has 2 amide bonds. The molecular formula is C35H47N3O5. The Morgan fingerprint density at radius 1 is 1.00 bits per heavy atom. The van der Waals surface area contributed by atoms with Crippen molar-refractivity contribution in [3.05, 3.63) is 65.2 Å². The molecule has 43 heavy (non-hydrogen) atoms. The summed E-state index contributed by atoms with van der Waals surface area (Å²) in [6.45, 7) is 2.63. The molecule has 0 radical (unpaired) electrons. The van der Waals surface area contributed by atoms with Crippen molar-refractivity contribution < 1.29 is 24.1 Å². The van der Waals surface area contributed by atoms with Crippen LogP contribution in [0.2, 0.25) is 0 Å². The van der Waals surface area contributed by atoms with Crippen LogP contribution in [0.3, 0.4) is 0 Å². The van der Waals surface area contributed by atoms with E-state index in [1.54, 1.807) is 7.11 Å². The molecular weight excluding hydrogens is 542 g/mol. The first-order valence-electron chi connectivity index (χ1n) is 16.4. The van der Waals surface area contributed by atoms with E-state index in [1.807, 2.05) is 48.5 Å². The first-order valence-corrected chi connectivity index (χ1v) is 16.4. The van der Waals surface area contributed by atoms with Crippen molar-refractivity contribution in [3.63, 3.8) is 0 Å². The van der Waals surface area contributed by atoms with Crippen molar-refractivity contribution in [3.8, 4) is 0 Å². The summed E-state index contributed by atoms with van der Waals surface area (Å²) in [7, 11) is 1.77. The quantitative estimate of drug-likeness (QED) is 0.336. The van der Waals surface area contributed by atoms with Crippen LogP contribution in [-0.4, -0.2) is 60.5 Å². The Morgan fingerprint density at radius 2 is 1.74 bits per heavy atom. The number of urea groups is 1. The third-order valence-corrected chi connectivity index (χ3v) is 10.7. The molecule has 4 unspecified atom stereocenters. The first kappa shape index (κ1) is 29.2. The van der Waals surface area contributed by atoms with Crippen LogP contribution in [-0.2, 0) is 20.8 Å². The highest BCUT2D eigenvalue weighted by molar-refractivity contribution is 5.89. The van der Waals surface area contributed by atoms with Gasteiger partial charge < -0.3 is 30.0 Å². The Balaban J connectivity index is 1.06. The number of hydrogen-bond acceptors (Lipinski definition) is 6. The normalized spacial score (nSPS) is 35.3. The van der Waals surface area contributed by atoms with Crippen LogP contribution in [0.1, 0.15) is 86.9 Å². The second-order valence-electron chi connectivity index (χ2n) is 14.0. The van der Waals surface area contributed by atoms with Crippen LogP contribution in [0.4, 0.5) is 10.5 Å². The topological polar surface area (TPSA) is 92.3 Å². The summed E-state index contributed by atoms with van der Waals surface area (Å²) in [5.74, 6) is 2.34. The number of rotatable bonds is 9. The summed E-state index contributed by atoms with van der Waals surface area (Å²) >= 11 is 0. The van der Waals surface area contributed by atoms with Gasteiger partial charge in [0, 0.05) is 42.9 Å². The smallest absolute Gasteiger partial charge is 0.319 e. The molecule has 0 aromatic heterocycles. The molecule has 4 saturated carbocycles. The third-order valence-electron chi connectivity index (χ3n) is 10.7. The third kappa shape index (κ3) is 6.50. The Morgan fingerprint density at radius 3 is 2.44 bits per heavy atom. The van der Waals surface area contributed by atoms with E-state index in [9.17, 15) is 9.90 Å². The number of carbonyl (C=O) groups excluding carboxylic acids is 1. The molecule has 6 fully saturated rings. The molecule has 232 valence electrons. The fraction of sp³-hybridized carbons (Fsp3) is 0.629. The minimum atomic E-state index is -0.558. The minimum Gasteiger partial charge on any atom is -0.392 e. The van der Waals surface area contributed by atoms with Crippen molar-refractivity contribution in [1.82, 2.24) is 10.2 Å². The van der Waals surface area contributed by atoms with Crippen LogP contribution in [0, 0.1) is 17.8 Å². The number of likely N-dealkylation sites (tertiary alicyclic amines) is 1. The number of amides is 2. The summed E-state index contributed by atoms with van der Waals surface area (Å²) in [6.07, 6.45) is 9.78. The van der Waals surface area contributed by atoms with Crippen LogP contribution >= 0.6 is 0 Å². The maximum atomic E-state index is 13.3. The van der Waals surface area contributed by atoms with Gasteiger partial charge >= 0.3 is 6.03 Å². The van der Waals surface area contributed by atoms with E-state index in [1.165, 1.54) is 25.7 Å². The maximum Gasteiger partial charge on any atom is 0.319 e. The molecule has 2 saturated heterocycles. The number of carbonyl (C=O) groups is 1. The predicted octanol–water partition coefficient (Wildman–Crippen LogP) is 5.93. The highest BCUT2D eigenvalue weighted by Crippen LogP contribution is 2.55. The lowest BCUT2D eigenvalue weighted by Crippen LogP contribution is -2.60. The van der Waals surface area contributed by atoms with E-state index in [0.29, 0.717) is 6.04 Å². The zero-order valence-corrected chi connectivity index (χ0v) is 25.4. The summed E-state index contributed by atoms with van der Waals surface area (Å²) in [5.41, 5.74) is 3.57. The number of benzene rings is 2. The van der Waals surface area contributed by atoms with Gasteiger partial charge in [0.15, 0.2) is 6.29 Å². The van der Waals surface area contributed by atoms with Gasteiger partial charge in [0.05, 0.1) is 25.4 Å². The summed E-state index contributed by atoms with van der Waals surface area (Å²) in [4.78, 5) is 15.8. The fourth-order valence-corrected chi connectivity index (χ4v) is 9.24. The lowest BCUT2D eigenvalue weighted by atomic mass is 9.53. The maximum absolute atomic E-state index is 13.3. The average Bonchev–Trinajstić information content (AvgIpc) is 3.42. The summed E-state index contributed by atoms with van der Waals surface area (Å²) in [5, 5.41) is 16.1. The number of methoxy groups -OCH3 is 1. The molecule has 2 aromatic carbocycles. The van der Waals surface area contributed by atoms with Crippen molar-refractivity contribution in [1.29, 1.82) is 0 Å². The van der Waals surface area contributed by atoms with E-state index < -0.39 is 6.29 Å². The number of nitrogens with zero attached hydrogens (tertiary/aromatic N) is 1. The average molecular weight is 590 g/mol. The molecule has 4 atom stereocenters. The molecule has 0 spiro atoms. The molecule has 8 rings (SSSR count). The van der Waals surface area contributed by atoms with Gasteiger partial charge in [0.1, 0.15) is 0 Å². The van der Waals surface area contributed by atoms with Crippen LogP contribution < -0.4 is 10.6 Å². The number of hydrogen-bond donors (Lipinski definition) is 3. The summed E-state index contributed by atoms with van der Waals surface area (Å²) < 4.78 is 18.7. The molecule has 3 N–H and O–H groups in total. The van der Waals surface area contributed by atoms with Gasteiger partial charge in [0.25, 0.3) is 0 Å². The van der Waals surface area contributed by atoms with Gasteiger partial charge in [-0.3, -0.25) is 4.90 Å². The monoisotopic (exact) mass is 589 g/mol. The fourth-order valence-electron chi connectivity index (χ4n) is 9.24. The van der Waals surface area contributed by atoms with Gasteiger partial charge in [-0.2, -0.15) is 0 Å². The lowest BCUT2D eigenvalue weighted by molar-refractivity contribution is -0.253. The van der Waals surface area contributed by atoms with Gasteiger partial charge in [-0.1, -0.05) is 36.4 Å². The number of aliphatic hydroxyl groups is 1. The number of ether oxygens (including phenoxy) is 3. The zero-order chi connectivity index (χ0) is 29.4. The second-order valence-corrected chi connectivity index (χ2v) is 14.0. The molecule has 4 aliphatic carbocycles. The van der Waals surface area contributed by atoms with E-state index >= 15 is 0 Å². The first-order chi connectivity index (χ1) is 21.0. The Labute approximate surface area is 255 Å². The van der Waals surface area contributed by atoms with Crippen LogP contribution in [0.5, 0.6) is 0 Å². The molecule has 4 bridgehead atoms. The van der Waals surface area contributed by atoms with Crippen molar-refractivity contribution in [2.45, 2.75) is 94.5 Å². The molecule has 2 heterocycles. The standard InChI is InChI=1S/C35H47N3O5/c1-41-22-30-6-3-11-38(30)20-31-16-32(27-9-7-23(21-39)8-10-27)43-33(42-31)28-4-2-5-29(15-28)36-34(40)37-35-17-24-12-25(18-35)14-26(13-24)19-35/h2,4-5,7-10,15,24-26,30-33,39H,3,6,11-14,16-22H2,1H3,(H2,36,37,40). The Bertz CT molecular complexity index is 1230. The van der Waals surface area contributed by atoms with Crippen molar-refractivity contribution in [2.75, 3.05) is 32.1 Å². The predicted molar refractivity (Wildman–Crippen MR) is 164 cm³/mol. The molecule has 2 aliphatic heterocycles. The van der Waals surface area contributed by atoms with Crippen LogP contribution in [0.15, 0.2) is 48.5 Å². The number of nitrogens with one attached hydrogen (secondary N) is 2. The number of aliphatic hydroxyl groups excluding tert-OH is 1. The Hall–Kier alpha value is -2.49. The molecule has 8 heteroatoms. The van der Waals surface area contributed by atoms with Gasteiger partial charge in [-0.25, -0.2) is 4.79 Å². The SMILES string of the molecule is COCC1CCCN1CC1CC(c2ccc(CO)cc2)OC(c2cccc(NC(=O)NC34CC5CC(CC(C5)C3)C4)c2)O1. The van der Waals surface area contributed by atoms with E-state index in [4.69, 9.17) is 14.2 Å². The molecule has 8 nitrogen and oxygen atoms in total. The molecule has 6 aliphatic rings. The van der Waals surface area contributed by atoms with Crippen molar-refractivity contribution >= 4 is 11.7 Å². The van der Waals surface area contributed by atoms with Gasteiger partial charge in [0.2, 0.25) is 0 Å². The largest absolute Gasteiger partial charge is 0.392 e. The highest BCUT2D eigenvalue weighted by atomic mass is 16.7. The van der Waals surface area contributed by atoms with Crippen LogP contribution in [0.25, 0.3) is 0 Å². The second kappa shape index (κ2) is 12.5.